The number of carbonyl (C=O) groups is 2. The second-order valence-electron chi connectivity index (χ2n) is 13.6. The van der Waals surface area contributed by atoms with Crippen molar-refractivity contribution in [3.63, 3.8) is 0 Å². The number of carbonyl (C=O) groups excluding carboxylic acids is 2. The maximum absolute atomic E-state index is 13.4. The Kier molecular flexibility index (Phi) is 6.46. The van der Waals surface area contributed by atoms with Crippen molar-refractivity contribution in [3.05, 3.63) is 35.4 Å². The fraction of sp³-hybridized carbons (Fsp3) is 0.559. The van der Waals surface area contributed by atoms with Gasteiger partial charge in [-0.2, -0.15) is 0 Å². The molecular weight excluding hydrogens is 560 g/mol. The van der Waals surface area contributed by atoms with E-state index in [2.05, 4.69) is 5.32 Å². The van der Waals surface area contributed by atoms with Gasteiger partial charge in [0.05, 0.1) is 56.0 Å². The molecule has 0 aromatic heterocycles. The van der Waals surface area contributed by atoms with Crippen LogP contribution in [0.5, 0.6) is 23.0 Å². The van der Waals surface area contributed by atoms with Crippen molar-refractivity contribution in [3.8, 4) is 23.0 Å². The molecule has 0 radical (unpaired) electrons. The van der Waals surface area contributed by atoms with Gasteiger partial charge in [-0.25, -0.2) is 0 Å². The molecule has 2 atom stereocenters. The van der Waals surface area contributed by atoms with Gasteiger partial charge in [-0.05, 0) is 80.8 Å². The van der Waals surface area contributed by atoms with Crippen LogP contribution in [0, 0.1) is 10.8 Å². The number of anilines is 1. The molecule has 2 spiro atoms. The summed E-state index contributed by atoms with van der Waals surface area (Å²) >= 11 is 0. The minimum absolute atomic E-state index is 0.0289. The summed E-state index contributed by atoms with van der Waals surface area (Å²) in [6.45, 7) is 2.71. The number of amides is 2. The number of nitrogens with zero attached hydrogens (tertiary/aromatic N) is 3. The Balaban J connectivity index is 0.844. The van der Waals surface area contributed by atoms with Gasteiger partial charge in [-0.15, -0.1) is 0 Å². The van der Waals surface area contributed by atoms with Gasteiger partial charge in [-0.3, -0.25) is 14.6 Å². The van der Waals surface area contributed by atoms with Crippen molar-refractivity contribution >= 4 is 29.4 Å². The second-order valence-corrected chi connectivity index (χ2v) is 13.6. The number of fused-ring (bicyclic) bond motifs is 4. The van der Waals surface area contributed by atoms with Crippen molar-refractivity contribution in [2.45, 2.75) is 70.0 Å². The van der Waals surface area contributed by atoms with Crippen molar-refractivity contribution < 1.29 is 28.5 Å². The SMILES string of the molecule is COc1cc2c(cc1OCCCCCOc1cc3c(cc1OC)C(=O)N1CC4(CC4)CC1N3)N=CC1CC3(CC3)CN1C2=O. The molecule has 2 saturated carbocycles. The fourth-order valence-corrected chi connectivity index (χ4v) is 7.56. The molecule has 2 unspecified atom stereocenters. The molecule has 1 N–H and O–H groups in total. The molecule has 10 heteroatoms. The molecule has 2 saturated heterocycles. The topological polar surface area (TPSA) is 102 Å². The first kappa shape index (κ1) is 27.6. The van der Waals surface area contributed by atoms with Crippen LogP contribution < -0.4 is 24.3 Å². The van der Waals surface area contributed by atoms with E-state index in [1.807, 2.05) is 28.1 Å². The number of hydrogen-bond acceptors (Lipinski definition) is 8. The summed E-state index contributed by atoms with van der Waals surface area (Å²) < 4.78 is 23.4. The maximum atomic E-state index is 13.4. The summed E-state index contributed by atoms with van der Waals surface area (Å²) in [7, 11) is 3.21. The third-order valence-corrected chi connectivity index (χ3v) is 10.6. The fourth-order valence-electron chi connectivity index (χ4n) is 7.56. The highest BCUT2D eigenvalue weighted by Gasteiger charge is 2.55. The van der Waals surface area contributed by atoms with E-state index in [0.29, 0.717) is 63.9 Å². The zero-order chi connectivity index (χ0) is 30.1. The third-order valence-electron chi connectivity index (χ3n) is 10.6. The average molecular weight is 601 g/mol. The van der Waals surface area contributed by atoms with Gasteiger partial charge in [0, 0.05) is 31.4 Å². The van der Waals surface area contributed by atoms with Crippen LogP contribution in [-0.4, -0.2) is 80.6 Å². The zero-order valence-electron chi connectivity index (χ0n) is 25.5. The molecule has 4 heterocycles. The van der Waals surface area contributed by atoms with Crippen LogP contribution in [0.25, 0.3) is 0 Å². The summed E-state index contributed by atoms with van der Waals surface area (Å²) in [5.41, 5.74) is 3.34. The molecular formula is C34H40N4O6. The van der Waals surface area contributed by atoms with E-state index in [0.717, 1.165) is 50.9 Å². The Hall–Kier alpha value is -3.95. The molecule has 232 valence electrons. The summed E-state index contributed by atoms with van der Waals surface area (Å²) in [4.78, 5) is 35.3. The normalized spacial score (nSPS) is 24.3. The molecule has 0 bridgehead atoms. The van der Waals surface area contributed by atoms with Gasteiger partial charge in [0.2, 0.25) is 0 Å². The summed E-state index contributed by atoms with van der Waals surface area (Å²) in [5, 5.41) is 3.57. The molecule has 2 aromatic rings. The van der Waals surface area contributed by atoms with E-state index in [1.165, 1.54) is 25.7 Å². The van der Waals surface area contributed by atoms with Crippen LogP contribution in [0.1, 0.15) is 78.5 Å². The van der Waals surface area contributed by atoms with Gasteiger partial charge >= 0.3 is 0 Å². The second kappa shape index (κ2) is 10.3. The molecule has 8 rings (SSSR count). The van der Waals surface area contributed by atoms with Crippen LogP contribution in [-0.2, 0) is 0 Å². The van der Waals surface area contributed by atoms with E-state index < -0.39 is 0 Å². The molecule has 4 aliphatic heterocycles. The maximum Gasteiger partial charge on any atom is 0.257 e. The van der Waals surface area contributed by atoms with E-state index >= 15 is 0 Å². The van der Waals surface area contributed by atoms with Crippen LogP contribution in [0.3, 0.4) is 0 Å². The highest BCUT2D eigenvalue weighted by Crippen LogP contribution is 2.57. The van der Waals surface area contributed by atoms with E-state index in [4.69, 9.17) is 23.9 Å². The third kappa shape index (κ3) is 4.73. The van der Waals surface area contributed by atoms with Gasteiger partial charge in [0.25, 0.3) is 11.8 Å². The molecule has 10 nitrogen and oxygen atoms in total. The zero-order valence-corrected chi connectivity index (χ0v) is 25.5. The largest absolute Gasteiger partial charge is 0.493 e. The van der Waals surface area contributed by atoms with Crippen LogP contribution in [0.2, 0.25) is 0 Å². The average Bonchev–Trinajstić information content (AvgIpc) is 3.90. The predicted molar refractivity (Wildman–Crippen MR) is 165 cm³/mol. The Morgan fingerprint density at radius 2 is 1.39 bits per heavy atom. The molecule has 2 amide bonds. The number of nitrogens with one attached hydrogen (secondary N) is 1. The smallest absolute Gasteiger partial charge is 0.257 e. The Bertz CT molecular complexity index is 1550. The van der Waals surface area contributed by atoms with Crippen molar-refractivity contribution in [1.82, 2.24) is 9.80 Å². The Morgan fingerprint density at radius 1 is 0.773 bits per heavy atom. The number of hydrogen-bond donors (Lipinski definition) is 1. The molecule has 6 aliphatic rings. The van der Waals surface area contributed by atoms with Gasteiger partial charge in [0.15, 0.2) is 23.0 Å². The van der Waals surface area contributed by atoms with Crippen molar-refractivity contribution in [2.24, 2.45) is 15.8 Å². The van der Waals surface area contributed by atoms with Gasteiger partial charge in [0.1, 0.15) is 6.17 Å². The molecule has 4 fully saturated rings. The standard InChI is InChI=1S/C34H40N4O6/c1-41-26-12-22-24(35-18-21-16-33(6-7-33)19-37(21)31(22)39)14-28(26)43-10-4-3-5-11-44-29-15-25-23(13-27(29)42-2)32(40)38-20-34(8-9-34)17-30(38)36-25/h12-15,18,21,30,36H,3-11,16-17,19-20H2,1-2H3. The number of methoxy groups -OCH3 is 2. The molecule has 2 aliphatic carbocycles. The number of ether oxygens (including phenoxy) is 4. The van der Waals surface area contributed by atoms with Crippen LogP contribution in [0.4, 0.5) is 11.4 Å². The summed E-state index contributed by atoms with van der Waals surface area (Å²) in [6, 6.07) is 7.40. The van der Waals surface area contributed by atoms with Gasteiger partial charge in [-0.1, -0.05) is 0 Å². The lowest BCUT2D eigenvalue weighted by Crippen LogP contribution is -2.44. The summed E-state index contributed by atoms with van der Waals surface area (Å²) in [5.74, 6) is 2.48. The highest BCUT2D eigenvalue weighted by atomic mass is 16.5. The summed E-state index contributed by atoms with van der Waals surface area (Å²) in [6.07, 6.45) is 11.5. The quantitative estimate of drug-likeness (QED) is 0.364. The van der Waals surface area contributed by atoms with Crippen molar-refractivity contribution in [2.75, 3.05) is 45.8 Å². The first-order chi connectivity index (χ1) is 21.4. The molecule has 44 heavy (non-hydrogen) atoms. The lowest BCUT2D eigenvalue weighted by Gasteiger charge is -2.33. The minimum Gasteiger partial charge on any atom is -0.493 e. The Labute approximate surface area is 257 Å². The highest BCUT2D eigenvalue weighted by molar-refractivity contribution is 6.04. The van der Waals surface area contributed by atoms with Gasteiger partial charge < -0.3 is 34.1 Å². The Morgan fingerprint density at radius 3 is 2.07 bits per heavy atom. The van der Waals surface area contributed by atoms with E-state index in [1.54, 1.807) is 26.4 Å². The van der Waals surface area contributed by atoms with Crippen LogP contribution >= 0.6 is 0 Å². The first-order valence-corrected chi connectivity index (χ1v) is 16.0. The first-order valence-electron chi connectivity index (χ1n) is 16.0. The number of unbranched alkanes of at least 4 members (excludes halogenated alkanes) is 2. The number of aliphatic imine (C=N–C) groups is 1. The minimum atomic E-state index is 0.0289. The van der Waals surface area contributed by atoms with Crippen molar-refractivity contribution in [1.29, 1.82) is 0 Å². The van der Waals surface area contributed by atoms with E-state index in [-0.39, 0.29) is 24.0 Å². The number of benzene rings is 2. The lowest BCUT2D eigenvalue weighted by molar-refractivity contribution is 0.0732. The number of rotatable bonds is 10. The predicted octanol–water partition coefficient (Wildman–Crippen LogP) is 5.42. The lowest BCUT2D eigenvalue weighted by atomic mass is 10.0. The monoisotopic (exact) mass is 600 g/mol. The van der Waals surface area contributed by atoms with Crippen LogP contribution in [0.15, 0.2) is 29.3 Å². The molecule has 2 aromatic carbocycles. The van der Waals surface area contributed by atoms with E-state index in [9.17, 15) is 9.59 Å².